The van der Waals surface area contributed by atoms with Gasteiger partial charge in [-0.2, -0.15) is 0 Å². The summed E-state index contributed by atoms with van der Waals surface area (Å²) in [4.78, 5) is 2.51. The smallest absolute Gasteiger partial charge is 0.119 e. The van der Waals surface area contributed by atoms with Crippen LogP contribution in [0.1, 0.15) is 18.9 Å². The highest BCUT2D eigenvalue weighted by atomic mass is 16.5. The quantitative estimate of drug-likeness (QED) is 0.938. The van der Waals surface area contributed by atoms with Crippen LogP contribution in [0.4, 0.5) is 0 Å². The summed E-state index contributed by atoms with van der Waals surface area (Å²) in [6.07, 6.45) is 1.20. The Hall–Kier alpha value is -1.58. The number of hydrogen-bond donors (Lipinski definition) is 1. The van der Waals surface area contributed by atoms with Gasteiger partial charge in [0.25, 0.3) is 0 Å². The minimum absolute atomic E-state index is 0.296. The Kier molecular flexibility index (Phi) is 3.87. The standard InChI is InChI=1S/C18H24N2O/c1-18(12-19)7-8-20(13-18)11-14-3-4-16-10-17(21-2)6-5-15(16)9-14/h3-6,9-10H,7-8,11-13,19H2,1-2H3. The van der Waals surface area contributed by atoms with Crippen molar-refractivity contribution in [1.29, 1.82) is 0 Å². The first kappa shape index (κ1) is 14.4. The van der Waals surface area contributed by atoms with Gasteiger partial charge < -0.3 is 10.5 Å². The first-order chi connectivity index (χ1) is 10.1. The summed E-state index contributed by atoms with van der Waals surface area (Å²) in [5.41, 5.74) is 7.55. The lowest BCUT2D eigenvalue weighted by molar-refractivity contribution is 0.274. The number of nitrogens with two attached hydrogens (primary N) is 1. The Labute approximate surface area is 126 Å². The van der Waals surface area contributed by atoms with Gasteiger partial charge in [-0.3, -0.25) is 4.90 Å². The number of ether oxygens (including phenoxy) is 1. The third kappa shape index (κ3) is 3.04. The largest absolute Gasteiger partial charge is 0.497 e. The number of likely N-dealkylation sites (tertiary alicyclic amines) is 1. The molecule has 1 atom stereocenters. The van der Waals surface area contributed by atoms with Crippen LogP contribution in [-0.4, -0.2) is 31.6 Å². The molecule has 21 heavy (non-hydrogen) atoms. The highest BCUT2D eigenvalue weighted by Crippen LogP contribution is 2.30. The zero-order chi connectivity index (χ0) is 14.9. The van der Waals surface area contributed by atoms with Crippen LogP contribution in [0.15, 0.2) is 36.4 Å². The van der Waals surface area contributed by atoms with E-state index in [1.54, 1.807) is 7.11 Å². The zero-order valence-corrected chi connectivity index (χ0v) is 12.9. The third-order valence-electron chi connectivity index (χ3n) is 4.65. The van der Waals surface area contributed by atoms with Crippen molar-refractivity contribution in [3.8, 4) is 5.75 Å². The Balaban J connectivity index is 1.76. The molecule has 0 amide bonds. The lowest BCUT2D eigenvalue weighted by Gasteiger charge is -2.22. The molecular weight excluding hydrogens is 260 g/mol. The van der Waals surface area contributed by atoms with Crippen molar-refractivity contribution in [2.45, 2.75) is 19.9 Å². The molecule has 1 saturated heterocycles. The molecule has 0 bridgehead atoms. The first-order valence-corrected chi connectivity index (χ1v) is 7.61. The minimum atomic E-state index is 0.296. The number of fused-ring (bicyclic) bond motifs is 1. The van der Waals surface area contributed by atoms with Gasteiger partial charge in [-0.1, -0.05) is 25.1 Å². The predicted molar refractivity (Wildman–Crippen MR) is 87.6 cm³/mol. The van der Waals surface area contributed by atoms with E-state index >= 15 is 0 Å². The molecule has 1 unspecified atom stereocenters. The van der Waals surface area contributed by atoms with Crippen LogP contribution in [0.25, 0.3) is 10.8 Å². The molecule has 1 fully saturated rings. The van der Waals surface area contributed by atoms with Crippen molar-refractivity contribution >= 4 is 10.8 Å². The summed E-state index contributed by atoms with van der Waals surface area (Å²) < 4.78 is 5.28. The Morgan fingerprint density at radius 3 is 2.67 bits per heavy atom. The number of methoxy groups -OCH3 is 1. The monoisotopic (exact) mass is 284 g/mol. The second-order valence-electron chi connectivity index (χ2n) is 6.52. The van der Waals surface area contributed by atoms with Gasteiger partial charge in [-0.05, 0) is 59.5 Å². The highest BCUT2D eigenvalue weighted by molar-refractivity contribution is 5.84. The van der Waals surface area contributed by atoms with Crippen molar-refractivity contribution in [3.05, 3.63) is 42.0 Å². The number of rotatable bonds is 4. The highest BCUT2D eigenvalue weighted by Gasteiger charge is 2.32. The average molecular weight is 284 g/mol. The molecule has 0 aromatic heterocycles. The number of benzene rings is 2. The Morgan fingerprint density at radius 2 is 1.95 bits per heavy atom. The lowest BCUT2D eigenvalue weighted by Crippen LogP contribution is -2.31. The van der Waals surface area contributed by atoms with E-state index in [1.807, 2.05) is 6.07 Å². The maximum absolute atomic E-state index is 5.89. The van der Waals surface area contributed by atoms with E-state index in [-0.39, 0.29) is 0 Å². The van der Waals surface area contributed by atoms with Gasteiger partial charge >= 0.3 is 0 Å². The second-order valence-corrected chi connectivity index (χ2v) is 6.52. The average Bonchev–Trinajstić information content (AvgIpc) is 2.88. The molecule has 3 rings (SSSR count). The summed E-state index contributed by atoms with van der Waals surface area (Å²) in [5, 5.41) is 2.50. The first-order valence-electron chi connectivity index (χ1n) is 7.61. The molecule has 1 heterocycles. The van der Waals surface area contributed by atoms with Crippen molar-refractivity contribution in [2.75, 3.05) is 26.7 Å². The van der Waals surface area contributed by atoms with Crippen molar-refractivity contribution in [2.24, 2.45) is 11.1 Å². The fraction of sp³-hybridized carbons (Fsp3) is 0.444. The van der Waals surface area contributed by atoms with E-state index in [2.05, 4.69) is 42.2 Å². The summed E-state index contributed by atoms with van der Waals surface area (Å²) in [6.45, 7) is 6.33. The van der Waals surface area contributed by atoms with Crippen LogP contribution in [0.5, 0.6) is 5.75 Å². The molecular formula is C18H24N2O. The van der Waals surface area contributed by atoms with Gasteiger partial charge in [0, 0.05) is 13.1 Å². The summed E-state index contributed by atoms with van der Waals surface area (Å²) in [6, 6.07) is 12.9. The summed E-state index contributed by atoms with van der Waals surface area (Å²) >= 11 is 0. The van der Waals surface area contributed by atoms with E-state index in [4.69, 9.17) is 10.5 Å². The van der Waals surface area contributed by atoms with Gasteiger partial charge in [0.15, 0.2) is 0 Å². The lowest BCUT2D eigenvalue weighted by atomic mass is 9.90. The molecule has 0 saturated carbocycles. The molecule has 0 radical (unpaired) electrons. The van der Waals surface area contributed by atoms with Crippen molar-refractivity contribution in [1.82, 2.24) is 4.90 Å². The van der Waals surface area contributed by atoms with E-state index in [0.29, 0.717) is 5.41 Å². The molecule has 0 spiro atoms. The van der Waals surface area contributed by atoms with E-state index in [0.717, 1.165) is 31.9 Å². The molecule has 3 nitrogen and oxygen atoms in total. The number of hydrogen-bond acceptors (Lipinski definition) is 3. The van der Waals surface area contributed by atoms with Crippen LogP contribution in [0, 0.1) is 5.41 Å². The summed E-state index contributed by atoms with van der Waals surface area (Å²) in [7, 11) is 1.71. The molecule has 1 aliphatic heterocycles. The minimum Gasteiger partial charge on any atom is -0.497 e. The van der Waals surface area contributed by atoms with Crippen LogP contribution in [0.2, 0.25) is 0 Å². The van der Waals surface area contributed by atoms with Gasteiger partial charge in [-0.15, -0.1) is 0 Å². The molecule has 3 heteroatoms. The summed E-state index contributed by atoms with van der Waals surface area (Å²) in [5.74, 6) is 0.911. The molecule has 0 aliphatic carbocycles. The molecule has 2 aromatic carbocycles. The van der Waals surface area contributed by atoms with E-state index < -0.39 is 0 Å². The van der Waals surface area contributed by atoms with Crippen LogP contribution < -0.4 is 10.5 Å². The topological polar surface area (TPSA) is 38.5 Å². The normalized spacial score (nSPS) is 22.8. The van der Waals surface area contributed by atoms with Crippen LogP contribution in [0.3, 0.4) is 0 Å². The van der Waals surface area contributed by atoms with Gasteiger partial charge in [-0.25, -0.2) is 0 Å². The van der Waals surface area contributed by atoms with Gasteiger partial charge in [0.2, 0.25) is 0 Å². The fourth-order valence-electron chi connectivity index (χ4n) is 3.18. The van der Waals surface area contributed by atoms with Crippen molar-refractivity contribution in [3.63, 3.8) is 0 Å². The van der Waals surface area contributed by atoms with Crippen LogP contribution >= 0.6 is 0 Å². The maximum atomic E-state index is 5.89. The van der Waals surface area contributed by atoms with E-state index in [9.17, 15) is 0 Å². The predicted octanol–water partition coefficient (Wildman–Crippen LogP) is 3.02. The van der Waals surface area contributed by atoms with E-state index in [1.165, 1.54) is 22.8 Å². The molecule has 2 aromatic rings. The SMILES string of the molecule is COc1ccc2cc(CN3CCC(C)(CN)C3)ccc2c1. The third-order valence-corrected chi connectivity index (χ3v) is 4.65. The molecule has 2 N–H and O–H groups in total. The maximum Gasteiger partial charge on any atom is 0.119 e. The van der Waals surface area contributed by atoms with Gasteiger partial charge in [0.05, 0.1) is 7.11 Å². The fourth-order valence-corrected chi connectivity index (χ4v) is 3.18. The number of nitrogens with zero attached hydrogens (tertiary/aromatic N) is 1. The van der Waals surface area contributed by atoms with Crippen molar-refractivity contribution < 1.29 is 4.74 Å². The second kappa shape index (κ2) is 5.66. The Bertz CT molecular complexity index is 640. The zero-order valence-electron chi connectivity index (χ0n) is 12.9. The van der Waals surface area contributed by atoms with Crippen LogP contribution in [-0.2, 0) is 6.54 Å². The molecule has 1 aliphatic rings. The Morgan fingerprint density at radius 1 is 1.19 bits per heavy atom. The molecule has 112 valence electrons. The van der Waals surface area contributed by atoms with Gasteiger partial charge in [0.1, 0.15) is 5.75 Å².